The lowest BCUT2D eigenvalue weighted by atomic mass is 9.84. The Kier molecular flexibility index (Phi) is 25.8. The van der Waals surface area contributed by atoms with Gasteiger partial charge in [-0.15, -0.1) is 0 Å². The number of halogens is 2. The van der Waals surface area contributed by atoms with Crippen molar-refractivity contribution in [3.63, 3.8) is 0 Å². The molecule has 18 atom stereocenters. The maximum absolute atomic E-state index is 15.3. The van der Waals surface area contributed by atoms with Crippen LogP contribution in [0.4, 0.5) is 0 Å². The Bertz CT molecular complexity index is 4230. The molecule has 5 aliphatic rings. The summed E-state index contributed by atoms with van der Waals surface area (Å²) >= 11 is 14.2. The number of rotatable bonds is 21. The number of aliphatic hydroxyl groups is 6. The Balaban J connectivity index is 1.24. The van der Waals surface area contributed by atoms with E-state index in [1.165, 1.54) is 64.5 Å². The molecule has 5 aromatic rings. The average Bonchev–Trinajstić information content (AvgIpc) is 0.763. The molecule has 580 valence electrons. The molecule has 18 unspecified atom stereocenters. The summed E-state index contributed by atoms with van der Waals surface area (Å²) in [6.07, 6.45) is -17.1. The number of carbonyl (C=O) groups is 8. The van der Waals surface area contributed by atoms with Crippen LogP contribution in [0.3, 0.4) is 0 Å². The van der Waals surface area contributed by atoms with E-state index in [2.05, 4.69) is 31.9 Å². The predicted molar refractivity (Wildman–Crippen MR) is 381 cm³/mol. The summed E-state index contributed by atoms with van der Waals surface area (Å²) in [5.74, 6) is -12.1. The SMILES string of the molecule is CNC(CC(C)C)C(=O)NC(C(=O)NC(CC(N)=O)C(C)=O)C(O)c1ccc(Oc2cc3cc(c2OC2OC(CO)C(O)C(O)C2OC2CC(C)(N(C)C)C(O)C(C)O2)Oc2ccc(cc2Cl)C(O)C2NC(=O)C(NC(=O)C3N)c3ccc(O)c(c3)-c3c(cc(O)c(C)c3O)C(C(=O)N(C)C)NC2=O)c(Cl)c1. The van der Waals surface area contributed by atoms with Gasteiger partial charge in [-0.2, -0.15) is 0 Å². The van der Waals surface area contributed by atoms with Gasteiger partial charge in [-0.1, -0.05) is 55.2 Å². The van der Waals surface area contributed by atoms with Gasteiger partial charge in [0.15, 0.2) is 29.7 Å². The second-order valence-electron chi connectivity index (χ2n) is 27.9. The number of nitrogens with zero attached hydrogens (tertiary/aromatic N) is 2. The van der Waals surface area contributed by atoms with E-state index in [1.54, 1.807) is 32.8 Å². The highest BCUT2D eigenvalue weighted by Crippen LogP contribution is 2.50. The van der Waals surface area contributed by atoms with Gasteiger partial charge in [0.2, 0.25) is 53.4 Å². The molecule has 5 aromatic carbocycles. The summed E-state index contributed by atoms with van der Waals surface area (Å²) in [4.78, 5) is 116. The van der Waals surface area contributed by atoms with Crippen LogP contribution in [0.2, 0.25) is 10.0 Å². The van der Waals surface area contributed by atoms with Gasteiger partial charge >= 0.3 is 0 Å². The van der Waals surface area contributed by atoms with E-state index in [9.17, 15) is 69.9 Å². The molecule has 0 spiro atoms. The molecule has 107 heavy (non-hydrogen) atoms. The molecule has 19 N–H and O–H groups in total. The number of ketones is 1. The first-order valence-electron chi connectivity index (χ1n) is 34.1. The molecule has 10 rings (SSSR count). The number of aliphatic hydroxyl groups excluding tert-OH is 6. The van der Waals surface area contributed by atoms with Crippen LogP contribution in [0.1, 0.15) is 118 Å². The molecular weight excluding hydrogens is 1440 g/mol. The second-order valence-corrected chi connectivity index (χ2v) is 28.7. The van der Waals surface area contributed by atoms with Crippen LogP contribution >= 0.6 is 23.2 Å². The molecule has 35 heteroatoms. The van der Waals surface area contributed by atoms with Crippen molar-refractivity contribution < 1.29 is 113 Å². The number of nitrogens with two attached hydrogens (primary N) is 2. The van der Waals surface area contributed by atoms with Gasteiger partial charge in [0.25, 0.3) is 0 Å². The quantitative estimate of drug-likeness (QED) is 0.0494. The zero-order chi connectivity index (χ0) is 78.9. The molecule has 5 aliphatic heterocycles. The maximum atomic E-state index is 15.3. The molecule has 0 aromatic heterocycles. The van der Waals surface area contributed by atoms with E-state index in [0.29, 0.717) is 0 Å². The van der Waals surface area contributed by atoms with Crippen LogP contribution in [0.25, 0.3) is 11.1 Å². The topological polar surface area (TPSA) is 505 Å². The number of carbonyl (C=O) groups excluding carboxylic acids is 8. The second kappa shape index (κ2) is 33.6. The Morgan fingerprint density at radius 2 is 1.48 bits per heavy atom. The average molecular weight is 1530 g/mol. The van der Waals surface area contributed by atoms with Crippen molar-refractivity contribution in [2.45, 2.75) is 170 Å². The zero-order valence-electron chi connectivity index (χ0n) is 60.2. The molecule has 8 bridgehead atoms. The van der Waals surface area contributed by atoms with Gasteiger partial charge < -0.3 is 128 Å². The number of ether oxygens (including phenoxy) is 6. The number of amides is 7. The standard InChI is InChI=1S/C72H90Cl2N10O23/c1-28(2)18-41(77-7)65(96)81-55(68(99)78-40(30(4)86)25-49(75)89)58(91)33-13-16-44(38(73)20-33)103-46-22-35-23-47(62(46)107-71-63(61(94)60(93)48(27-85)105-71)106-50-26-72(6,84(10)11)64(95)31(5)102-50)104-45-17-14-34(21-39(45)74)59(92)56-69(100)80-54(70(101)83(8)9)37-24-43(88)29(3)57(90)51(37)36-19-32(12-15-42(36)87)53(67(98)82-56)79-66(97)52(35)76/h12-17,19-24,28,31,40-41,48,50,52-56,58-61,63-64,71,77,85,87-88,90-95H,18,25-27,76H2,1-11H3,(H2,75,89)(H,78,99)(H,79,97)(H,80,100)(H,81,96)(H,82,98). The normalized spacial score (nSPS) is 26.3. The third-order valence-corrected chi connectivity index (χ3v) is 20.1. The molecule has 33 nitrogen and oxygen atoms in total. The molecule has 7 amide bonds. The number of nitrogens with one attached hydrogen (secondary N) is 6. The van der Waals surface area contributed by atoms with Crippen molar-refractivity contribution in [2.24, 2.45) is 17.4 Å². The summed E-state index contributed by atoms with van der Waals surface area (Å²) < 4.78 is 38.9. The number of likely N-dealkylation sites (N-methyl/N-ethyl adjacent to an activating group) is 3. The largest absolute Gasteiger partial charge is 0.508 e. The lowest BCUT2D eigenvalue weighted by molar-refractivity contribution is -0.337. The maximum Gasteiger partial charge on any atom is 0.249 e. The van der Waals surface area contributed by atoms with Crippen molar-refractivity contribution in [1.29, 1.82) is 0 Å². The fourth-order valence-electron chi connectivity index (χ4n) is 13.0. The number of fused-ring (bicyclic) bond motifs is 8. The van der Waals surface area contributed by atoms with Crippen LogP contribution in [-0.4, -0.2) is 224 Å². The third-order valence-electron chi connectivity index (χ3n) is 19.5. The monoisotopic (exact) mass is 1530 g/mol. The minimum absolute atomic E-state index is 0.0457. The summed E-state index contributed by atoms with van der Waals surface area (Å²) in [5, 5.41) is 120. The smallest absolute Gasteiger partial charge is 0.249 e. The summed E-state index contributed by atoms with van der Waals surface area (Å²) in [5.41, 5.74) is 9.56. The van der Waals surface area contributed by atoms with Gasteiger partial charge in [-0.25, -0.2) is 0 Å². The lowest BCUT2D eigenvalue weighted by Gasteiger charge is -2.50. The third kappa shape index (κ3) is 17.6. The van der Waals surface area contributed by atoms with Gasteiger partial charge in [-0.3, -0.25) is 38.4 Å². The lowest BCUT2D eigenvalue weighted by Crippen LogP contribution is -2.65. The molecular formula is C72H90Cl2N10O23. The van der Waals surface area contributed by atoms with E-state index in [0.717, 1.165) is 48.2 Å². The van der Waals surface area contributed by atoms with Crippen LogP contribution < -0.4 is 57.6 Å². The highest BCUT2D eigenvalue weighted by atomic mass is 35.5. The number of aromatic hydroxyl groups is 3. The molecule has 2 saturated heterocycles. The van der Waals surface area contributed by atoms with Crippen LogP contribution in [0.15, 0.2) is 72.8 Å². The van der Waals surface area contributed by atoms with E-state index >= 15 is 14.4 Å². The highest BCUT2D eigenvalue weighted by molar-refractivity contribution is 6.32. The molecule has 2 fully saturated rings. The molecule has 0 radical (unpaired) electrons. The minimum Gasteiger partial charge on any atom is -0.508 e. The number of primary amides is 1. The van der Waals surface area contributed by atoms with Gasteiger partial charge in [0, 0.05) is 37.2 Å². The number of phenolic OH excluding ortho intramolecular Hbond substituents is 3. The van der Waals surface area contributed by atoms with Crippen molar-refractivity contribution in [3.8, 4) is 57.1 Å². The summed E-state index contributed by atoms with van der Waals surface area (Å²) in [6, 6.07) is 1.80. The zero-order valence-corrected chi connectivity index (χ0v) is 61.7. The minimum atomic E-state index is -2.12. The molecule has 5 heterocycles. The van der Waals surface area contributed by atoms with Crippen molar-refractivity contribution in [1.82, 2.24) is 41.7 Å². The Morgan fingerprint density at radius 1 is 0.785 bits per heavy atom. The first kappa shape index (κ1) is 82.0. The predicted octanol–water partition coefficient (Wildman–Crippen LogP) is 1.44. The van der Waals surface area contributed by atoms with Crippen molar-refractivity contribution in [3.05, 3.63) is 116 Å². The first-order valence-corrected chi connectivity index (χ1v) is 34.8. The van der Waals surface area contributed by atoms with E-state index in [-0.39, 0.29) is 84.8 Å². The Morgan fingerprint density at radius 3 is 2.09 bits per heavy atom. The van der Waals surface area contributed by atoms with Gasteiger partial charge in [-0.05, 0) is 144 Å². The molecule has 0 aliphatic carbocycles. The fourth-order valence-corrected chi connectivity index (χ4v) is 13.4. The van der Waals surface area contributed by atoms with E-state index in [4.69, 9.17) is 63.1 Å². The Hall–Kier alpha value is -9.04. The number of benzene rings is 5. The highest BCUT2D eigenvalue weighted by Gasteiger charge is 2.53. The van der Waals surface area contributed by atoms with E-state index < -0.39 is 204 Å². The van der Waals surface area contributed by atoms with Gasteiger partial charge in [0.1, 0.15) is 89.5 Å². The number of hydrogen-bond acceptors (Lipinski definition) is 26. The summed E-state index contributed by atoms with van der Waals surface area (Å²) in [6.45, 7) is 8.50. The van der Waals surface area contributed by atoms with Gasteiger partial charge in [0.05, 0.1) is 52.9 Å². The van der Waals surface area contributed by atoms with Crippen LogP contribution in [0.5, 0.6) is 46.0 Å². The number of Topliss-reactive ketones (excluding diaryl/α,β-unsaturated/α-hetero) is 1. The van der Waals surface area contributed by atoms with Crippen molar-refractivity contribution in [2.75, 3.05) is 41.8 Å². The van der Waals surface area contributed by atoms with Crippen LogP contribution in [0, 0.1) is 12.8 Å². The Labute approximate surface area is 624 Å². The molecule has 0 saturated carbocycles. The number of hydrogen-bond donors (Lipinski definition) is 17. The number of phenols is 3. The van der Waals surface area contributed by atoms with E-state index in [1.807, 2.05) is 13.8 Å². The fraction of sp³-hybridized carbons (Fsp3) is 0.472. The first-order chi connectivity index (χ1) is 50.3. The van der Waals surface area contributed by atoms with Crippen molar-refractivity contribution >= 4 is 70.3 Å². The summed E-state index contributed by atoms with van der Waals surface area (Å²) in [7, 11) is 7.63. The van der Waals surface area contributed by atoms with Crippen LogP contribution in [-0.2, 0) is 52.6 Å².